The minimum absolute atomic E-state index is 0.0169. The monoisotopic (exact) mass is 307 g/mol. The zero-order valence-corrected chi connectivity index (χ0v) is 13.5. The third-order valence-corrected chi connectivity index (χ3v) is 6.07. The summed E-state index contributed by atoms with van der Waals surface area (Å²) < 4.78 is 27.1. The molecule has 0 aromatic rings. The summed E-state index contributed by atoms with van der Waals surface area (Å²) in [6.07, 6.45) is 2.89. The van der Waals surface area contributed by atoms with Crippen LogP contribution in [0, 0.1) is 0 Å². The Kier molecular flexibility index (Phi) is 5.54. The van der Waals surface area contributed by atoms with Gasteiger partial charge in [-0.25, -0.2) is 0 Å². The molecule has 1 N–H and O–H groups in total. The molecule has 0 spiro atoms. The molecule has 0 aromatic carbocycles. The predicted molar refractivity (Wildman–Crippen MR) is 76.7 cm³/mol. The first-order chi connectivity index (χ1) is 9.12. The Labute approximate surface area is 121 Å². The molecule has 0 unspecified atom stereocenters. The van der Waals surface area contributed by atoms with Gasteiger partial charge in [-0.2, -0.15) is 17.0 Å². The fraction of sp³-hybridized carbons (Fsp3) is 0.917. The molecule has 0 bridgehead atoms. The summed E-state index contributed by atoms with van der Waals surface area (Å²) >= 11 is 0. The largest absolute Gasteiger partial charge is 0.481 e. The molecule has 8 heteroatoms. The molecule has 7 nitrogen and oxygen atoms in total. The first-order valence-corrected chi connectivity index (χ1v) is 8.08. The predicted octanol–water partition coefficient (Wildman–Crippen LogP) is 0.0538. The third-order valence-electron chi connectivity index (χ3n) is 4.18. The zero-order valence-electron chi connectivity index (χ0n) is 12.7. The van der Waals surface area contributed by atoms with Crippen LogP contribution in [0.3, 0.4) is 0 Å². The van der Waals surface area contributed by atoms with Crippen LogP contribution in [0.25, 0.3) is 0 Å². The number of carboxylic acid groups (broad SMARTS) is 1. The normalized spacial score (nSPS) is 18.6. The van der Waals surface area contributed by atoms with Gasteiger partial charge in [0.15, 0.2) is 0 Å². The van der Waals surface area contributed by atoms with Gasteiger partial charge in [-0.15, -0.1) is 0 Å². The van der Waals surface area contributed by atoms with Gasteiger partial charge < -0.3 is 10.0 Å². The smallest absolute Gasteiger partial charge is 0.304 e. The molecule has 0 atom stereocenters. The van der Waals surface area contributed by atoms with E-state index in [9.17, 15) is 13.2 Å². The Morgan fingerprint density at radius 1 is 1.15 bits per heavy atom. The van der Waals surface area contributed by atoms with E-state index in [-0.39, 0.29) is 18.5 Å². The fourth-order valence-corrected chi connectivity index (χ4v) is 3.64. The van der Waals surface area contributed by atoms with Crippen LogP contribution in [0.2, 0.25) is 0 Å². The van der Waals surface area contributed by atoms with E-state index in [1.54, 1.807) is 7.05 Å². The third kappa shape index (κ3) is 3.69. The molecule has 1 fully saturated rings. The number of nitrogens with zero attached hydrogens (tertiary/aromatic N) is 3. The van der Waals surface area contributed by atoms with Gasteiger partial charge in [0.25, 0.3) is 10.2 Å². The van der Waals surface area contributed by atoms with Crippen molar-refractivity contribution in [3.05, 3.63) is 0 Å². The van der Waals surface area contributed by atoms with Crippen LogP contribution in [0.5, 0.6) is 0 Å². The number of likely N-dealkylation sites (N-methyl/N-ethyl adjacent to an activating group) is 2. The highest BCUT2D eigenvalue weighted by molar-refractivity contribution is 7.86. The van der Waals surface area contributed by atoms with Gasteiger partial charge in [0.1, 0.15) is 0 Å². The summed E-state index contributed by atoms with van der Waals surface area (Å²) in [5, 5.41) is 8.63. The summed E-state index contributed by atoms with van der Waals surface area (Å²) in [6.45, 7) is 0.413. The van der Waals surface area contributed by atoms with Crippen molar-refractivity contribution in [2.75, 3.05) is 41.3 Å². The number of hydrogen-bond donors (Lipinski definition) is 1. The second-order valence-corrected chi connectivity index (χ2v) is 7.84. The van der Waals surface area contributed by atoms with Crippen molar-refractivity contribution in [2.24, 2.45) is 0 Å². The fourth-order valence-electron chi connectivity index (χ4n) is 2.43. The molecule has 0 amide bonds. The van der Waals surface area contributed by atoms with Crippen LogP contribution in [0.1, 0.15) is 25.7 Å². The molecule has 0 aliphatic heterocycles. The van der Waals surface area contributed by atoms with E-state index in [0.717, 1.165) is 23.6 Å². The van der Waals surface area contributed by atoms with Crippen molar-refractivity contribution in [1.29, 1.82) is 0 Å². The van der Waals surface area contributed by atoms with Crippen molar-refractivity contribution < 1.29 is 18.3 Å². The molecule has 0 saturated heterocycles. The molecule has 0 radical (unpaired) electrons. The van der Waals surface area contributed by atoms with E-state index in [1.165, 1.54) is 11.4 Å². The maximum Gasteiger partial charge on any atom is 0.304 e. The minimum Gasteiger partial charge on any atom is -0.481 e. The Hall–Kier alpha value is -0.700. The van der Waals surface area contributed by atoms with Gasteiger partial charge >= 0.3 is 5.97 Å². The van der Waals surface area contributed by atoms with Gasteiger partial charge in [0.05, 0.1) is 6.42 Å². The van der Waals surface area contributed by atoms with E-state index in [4.69, 9.17) is 5.11 Å². The Bertz CT molecular complexity index is 446. The Morgan fingerprint density at radius 2 is 1.70 bits per heavy atom. The SMILES string of the molecule is CN(C)C1(CN(C)S(=O)(=O)N(C)CCC(=O)O)CCC1. The van der Waals surface area contributed by atoms with Gasteiger partial charge in [0, 0.05) is 32.7 Å². The van der Waals surface area contributed by atoms with E-state index >= 15 is 0 Å². The summed E-state index contributed by atoms with van der Waals surface area (Å²) in [5.74, 6) is -1.00. The first kappa shape index (κ1) is 17.4. The standard InChI is InChI=1S/C12H25N3O4S/c1-13(2)12(7-5-8-12)10-15(4)20(18,19)14(3)9-6-11(16)17/h5-10H2,1-4H3,(H,16,17). The lowest BCUT2D eigenvalue weighted by Gasteiger charge is -2.49. The molecule has 1 rings (SSSR count). The topological polar surface area (TPSA) is 81.2 Å². The lowest BCUT2D eigenvalue weighted by atomic mass is 9.75. The highest BCUT2D eigenvalue weighted by atomic mass is 32.2. The molecule has 0 aromatic heterocycles. The molecule has 118 valence electrons. The van der Waals surface area contributed by atoms with Crippen LogP contribution < -0.4 is 0 Å². The second kappa shape index (κ2) is 6.38. The summed E-state index contributed by atoms with van der Waals surface area (Å²) in [4.78, 5) is 12.6. The maximum absolute atomic E-state index is 12.3. The molecule has 0 heterocycles. The van der Waals surface area contributed by atoms with Gasteiger partial charge in [0.2, 0.25) is 0 Å². The molecular weight excluding hydrogens is 282 g/mol. The lowest BCUT2D eigenvalue weighted by Crippen LogP contribution is -2.58. The molecule has 1 aliphatic rings. The summed E-state index contributed by atoms with van der Waals surface area (Å²) in [6, 6.07) is 0. The van der Waals surface area contributed by atoms with Crippen molar-refractivity contribution in [3.63, 3.8) is 0 Å². The average Bonchev–Trinajstić information content (AvgIpc) is 2.29. The number of aliphatic carboxylic acids is 1. The van der Waals surface area contributed by atoms with Crippen LogP contribution >= 0.6 is 0 Å². The van der Waals surface area contributed by atoms with Gasteiger partial charge in [-0.3, -0.25) is 4.79 Å². The Balaban J connectivity index is 2.69. The van der Waals surface area contributed by atoms with E-state index in [1.807, 2.05) is 14.1 Å². The number of hydrogen-bond acceptors (Lipinski definition) is 4. The van der Waals surface area contributed by atoms with Crippen molar-refractivity contribution in [1.82, 2.24) is 13.5 Å². The van der Waals surface area contributed by atoms with Gasteiger partial charge in [-0.1, -0.05) is 0 Å². The van der Waals surface area contributed by atoms with E-state index < -0.39 is 16.2 Å². The highest BCUT2D eigenvalue weighted by Gasteiger charge is 2.42. The van der Waals surface area contributed by atoms with Gasteiger partial charge in [-0.05, 0) is 33.4 Å². The van der Waals surface area contributed by atoms with Crippen LogP contribution in [-0.2, 0) is 15.0 Å². The van der Waals surface area contributed by atoms with Crippen LogP contribution in [0.4, 0.5) is 0 Å². The summed E-state index contributed by atoms with van der Waals surface area (Å²) in [5.41, 5.74) is -0.0878. The number of carbonyl (C=O) groups is 1. The van der Waals surface area contributed by atoms with Crippen molar-refractivity contribution >= 4 is 16.2 Å². The molecular formula is C12H25N3O4S. The van der Waals surface area contributed by atoms with Crippen molar-refractivity contribution in [2.45, 2.75) is 31.2 Å². The summed E-state index contributed by atoms with van der Waals surface area (Å²) in [7, 11) is 3.30. The molecule has 20 heavy (non-hydrogen) atoms. The van der Waals surface area contributed by atoms with E-state index in [2.05, 4.69) is 4.90 Å². The first-order valence-electron chi connectivity index (χ1n) is 6.69. The minimum atomic E-state index is -3.60. The molecule has 1 saturated carbocycles. The maximum atomic E-state index is 12.3. The highest BCUT2D eigenvalue weighted by Crippen LogP contribution is 2.37. The lowest BCUT2D eigenvalue weighted by molar-refractivity contribution is -0.137. The average molecular weight is 307 g/mol. The number of rotatable bonds is 8. The van der Waals surface area contributed by atoms with Crippen molar-refractivity contribution in [3.8, 4) is 0 Å². The quantitative estimate of drug-likeness (QED) is 0.685. The number of carboxylic acids is 1. The van der Waals surface area contributed by atoms with E-state index in [0.29, 0.717) is 6.54 Å². The second-order valence-electron chi connectivity index (χ2n) is 5.70. The van der Waals surface area contributed by atoms with Crippen LogP contribution in [-0.4, -0.2) is 79.8 Å². The Morgan fingerprint density at radius 3 is 2.05 bits per heavy atom. The molecule has 1 aliphatic carbocycles. The van der Waals surface area contributed by atoms with Crippen LogP contribution in [0.15, 0.2) is 0 Å². The zero-order chi connectivity index (χ0) is 15.6.